The van der Waals surface area contributed by atoms with Gasteiger partial charge in [-0.3, -0.25) is 9.69 Å². The number of fused-ring (bicyclic) bond motifs is 6. The molecule has 174 valence electrons. The number of nitrogens with zero attached hydrogens (tertiary/aromatic N) is 4. The third kappa shape index (κ3) is 4.14. The number of hydrogen-bond acceptors (Lipinski definition) is 5. The number of likely N-dealkylation sites (tertiary alicyclic amines) is 1. The molecule has 2 bridgehead atoms. The van der Waals surface area contributed by atoms with Gasteiger partial charge in [0, 0.05) is 37.5 Å². The fourth-order valence-electron chi connectivity index (χ4n) is 6.85. The maximum absolute atomic E-state index is 13.3. The summed E-state index contributed by atoms with van der Waals surface area (Å²) in [5.41, 5.74) is 2.51. The zero-order chi connectivity index (χ0) is 22.2. The van der Waals surface area contributed by atoms with Gasteiger partial charge in [-0.05, 0) is 56.9 Å². The first-order valence-electron chi connectivity index (χ1n) is 12.9. The Morgan fingerprint density at radius 2 is 2.03 bits per heavy atom. The van der Waals surface area contributed by atoms with E-state index in [1.807, 2.05) is 30.3 Å². The van der Waals surface area contributed by atoms with Crippen molar-refractivity contribution in [2.24, 2.45) is 11.8 Å². The number of aromatic nitrogens is 2. The maximum atomic E-state index is 13.3. The molecule has 1 aromatic carbocycles. The van der Waals surface area contributed by atoms with Gasteiger partial charge in [0.25, 0.3) is 0 Å². The topological polar surface area (TPSA) is 62.5 Å². The molecule has 3 fully saturated rings. The van der Waals surface area contributed by atoms with E-state index in [0.29, 0.717) is 48.3 Å². The SMILES string of the molecule is O=C(CCCc1nc(-c2ccccc2)no1)N1CCCC2=CC3CC(CN4CCCCC34)C21. The standard InChI is InChI=1S/C27H34N4O2/c32-25(13-6-12-24-28-27(29-33-24)19-8-2-1-3-9-19)31-15-7-10-20-16-21-17-22(26(20)31)18-30-14-5-4-11-23(21)30/h1-3,8-9,16,21-23,26H,4-7,10-15,17-18H2. The van der Waals surface area contributed by atoms with Crippen molar-refractivity contribution in [1.82, 2.24) is 19.9 Å². The number of carbonyl (C=O) groups is 1. The van der Waals surface area contributed by atoms with Crippen LogP contribution in [0.5, 0.6) is 0 Å². The fourth-order valence-corrected chi connectivity index (χ4v) is 6.85. The molecule has 1 aliphatic carbocycles. The predicted octanol–water partition coefficient (Wildman–Crippen LogP) is 4.48. The largest absolute Gasteiger partial charge is 0.339 e. The van der Waals surface area contributed by atoms with Crippen molar-refractivity contribution in [3.63, 3.8) is 0 Å². The number of piperidine rings is 3. The lowest BCUT2D eigenvalue weighted by Crippen LogP contribution is -2.60. The highest BCUT2D eigenvalue weighted by molar-refractivity contribution is 5.77. The molecule has 1 amide bonds. The maximum Gasteiger partial charge on any atom is 0.226 e. The van der Waals surface area contributed by atoms with Crippen LogP contribution in [0.15, 0.2) is 46.5 Å². The number of rotatable bonds is 5. The predicted molar refractivity (Wildman–Crippen MR) is 126 cm³/mol. The Morgan fingerprint density at radius 1 is 1.12 bits per heavy atom. The molecule has 2 aromatic rings. The van der Waals surface area contributed by atoms with Gasteiger partial charge < -0.3 is 9.42 Å². The highest BCUT2D eigenvalue weighted by Crippen LogP contribution is 2.45. The quantitative estimate of drug-likeness (QED) is 0.634. The summed E-state index contributed by atoms with van der Waals surface area (Å²) >= 11 is 0. The van der Waals surface area contributed by atoms with Gasteiger partial charge in [0.05, 0.1) is 6.04 Å². The molecule has 0 spiro atoms. The lowest BCUT2D eigenvalue weighted by Gasteiger charge is -2.54. The average Bonchev–Trinajstić information content (AvgIpc) is 3.33. The first kappa shape index (κ1) is 21.1. The van der Waals surface area contributed by atoms with Crippen molar-refractivity contribution in [2.75, 3.05) is 19.6 Å². The van der Waals surface area contributed by atoms with Gasteiger partial charge in [-0.2, -0.15) is 4.98 Å². The van der Waals surface area contributed by atoms with Crippen LogP contribution in [0.4, 0.5) is 0 Å². The average molecular weight is 447 g/mol. The summed E-state index contributed by atoms with van der Waals surface area (Å²) < 4.78 is 5.44. The Balaban J connectivity index is 1.09. The van der Waals surface area contributed by atoms with Gasteiger partial charge in [0.1, 0.15) is 0 Å². The first-order chi connectivity index (χ1) is 16.3. The molecule has 6 heteroatoms. The Labute approximate surface area is 196 Å². The minimum absolute atomic E-state index is 0.299. The van der Waals surface area contributed by atoms with E-state index < -0.39 is 0 Å². The van der Waals surface area contributed by atoms with Crippen LogP contribution in [0, 0.1) is 11.8 Å². The van der Waals surface area contributed by atoms with E-state index >= 15 is 0 Å². The van der Waals surface area contributed by atoms with Crippen LogP contribution in [-0.4, -0.2) is 57.6 Å². The van der Waals surface area contributed by atoms with Gasteiger partial charge >= 0.3 is 0 Å². The van der Waals surface area contributed by atoms with Gasteiger partial charge in [-0.25, -0.2) is 0 Å². The smallest absolute Gasteiger partial charge is 0.226 e. The van der Waals surface area contributed by atoms with Crippen LogP contribution in [0.25, 0.3) is 11.4 Å². The second-order valence-corrected chi connectivity index (χ2v) is 10.3. The second-order valence-electron chi connectivity index (χ2n) is 10.3. The van der Waals surface area contributed by atoms with Crippen molar-refractivity contribution < 1.29 is 9.32 Å². The minimum Gasteiger partial charge on any atom is -0.339 e. The third-order valence-corrected chi connectivity index (χ3v) is 8.26. The summed E-state index contributed by atoms with van der Waals surface area (Å²) in [7, 11) is 0. The second kappa shape index (κ2) is 9.05. The molecule has 33 heavy (non-hydrogen) atoms. The zero-order valence-corrected chi connectivity index (χ0v) is 19.4. The van der Waals surface area contributed by atoms with Gasteiger partial charge in [0.15, 0.2) is 0 Å². The Bertz CT molecular complexity index is 1020. The molecule has 0 radical (unpaired) electrons. The molecule has 4 heterocycles. The van der Waals surface area contributed by atoms with Crippen molar-refractivity contribution in [2.45, 2.75) is 69.9 Å². The third-order valence-electron chi connectivity index (χ3n) is 8.26. The van der Waals surface area contributed by atoms with Crippen LogP contribution in [0.1, 0.15) is 57.3 Å². The van der Waals surface area contributed by atoms with Gasteiger partial charge in [0.2, 0.25) is 17.6 Å². The van der Waals surface area contributed by atoms with Crippen LogP contribution in [0.2, 0.25) is 0 Å². The lowest BCUT2D eigenvalue weighted by molar-refractivity contribution is -0.136. The molecule has 6 rings (SSSR count). The number of hydrogen-bond donors (Lipinski definition) is 0. The van der Waals surface area contributed by atoms with Gasteiger partial charge in [-0.1, -0.05) is 53.6 Å². The normalized spacial score (nSPS) is 29.2. The summed E-state index contributed by atoms with van der Waals surface area (Å²) in [5.74, 6) is 2.85. The van der Waals surface area contributed by atoms with E-state index in [0.717, 1.165) is 31.0 Å². The van der Waals surface area contributed by atoms with E-state index in [4.69, 9.17) is 4.52 Å². The summed E-state index contributed by atoms with van der Waals surface area (Å²) in [6.45, 7) is 3.33. The number of benzene rings is 1. The van der Waals surface area contributed by atoms with E-state index in [1.165, 1.54) is 45.2 Å². The highest BCUT2D eigenvalue weighted by atomic mass is 16.5. The molecular weight excluding hydrogens is 412 g/mol. The molecule has 4 unspecified atom stereocenters. The van der Waals surface area contributed by atoms with Crippen LogP contribution in [-0.2, 0) is 11.2 Å². The van der Waals surface area contributed by atoms with Crippen molar-refractivity contribution >= 4 is 5.91 Å². The molecule has 6 nitrogen and oxygen atoms in total. The summed E-state index contributed by atoms with van der Waals surface area (Å²) in [4.78, 5) is 22.8. The van der Waals surface area contributed by atoms with Crippen LogP contribution >= 0.6 is 0 Å². The van der Waals surface area contributed by atoms with Crippen molar-refractivity contribution in [3.8, 4) is 11.4 Å². The Kier molecular flexibility index (Phi) is 5.78. The Morgan fingerprint density at radius 3 is 2.94 bits per heavy atom. The monoisotopic (exact) mass is 446 g/mol. The van der Waals surface area contributed by atoms with Crippen LogP contribution in [0.3, 0.4) is 0 Å². The number of carbonyl (C=O) groups excluding carboxylic acids is 1. The van der Waals surface area contributed by atoms with Crippen molar-refractivity contribution in [1.29, 1.82) is 0 Å². The van der Waals surface area contributed by atoms with Gasteiger partial charge in [-0.15, -0.1) is 0 Å². The van der Waals surface area contributed by atoms with Crippen molar-refractivity contribution in [3.05, 3.63) is 47.9 Å². The zero-order valence-electron chi connectivity index (χ0n) is 19.4. The molecule has 0 saturated carbocycles. The summed E-state index contributed by atoms with van der Waals surface area (Å²) in [5, 5.41) is 4.10. The van der Waals surface area contributed by atoms with E-state index in [9.17, 15) is 4.79 Å². The fraction of sp³-hybridized carbons (Fsp3) is 0.593. The molecule has 4 atom stereocenters. The highest BCUT2D eigenvalue weighted by Gasteiger charge is 2.46. The van der Waals surface area contributed by atoms with E-state index in [-0.39, 0.29) is 0 Å². The Hall–Kier alpha value is -2.47. The van der Waals surface area contributed by atoms with Crippen LogP contribution < -0.4 is 0 Å². The number of amides is 1. The number of aryl methyl sites for hydroxylation is 1. The molecule has 1 aromatic heterocycles. The lowest BCUT2D eigenvalue weighted by atomic mass is 9.68. The molecule has 0 N–H and O–H groups in total. The van der Waals surface area contributed by atoms with E-state index in [2.05, 4.69) is 26.0 Å². The first-order valence-corrected chi connectivity index (χ1v) is 12.9. The summed E-state index contributed by atoms with van der Waals surface area (Å²) in [6.07, 6.45) is 12.2. The molecular formula is C27H34N4O2. The van der Waals surface area contributed by atoms with E-state index in [1.54, 1.807) is 5.57 Å². The molecule has 4 aliphatic rings. The minimum atomic E-state index is 0.299. The molecule has 3 aliphatic heterocycles. The molecule has 3 saturated heterocycles. The summed E-state index contributed by atoms with van der Waals surface area (Å²) in [6, 6.07) is 11.0.